The van der Waals surface area contributed by atoms with Crippen LogP contribution in [-0.4, -0.2) is 74.8 Å². The predicted molar refractivity (Wildman–Crippen MR) is 92.4 cm³/mol. The molecule has 0 spiro atoms. The van der Waals surface area contributed by atoms with Gasteiger partial charge in [0, 0.05) is 39.3 Å². The fourth-order valence-electron chi connectivity index (χ4n) is 3.53. The molecule has 2 saturated heterocycles. The fraction of sp³-hybridized carbons (Fsp3) is 0.941. The predicted octanol–water partition coefficient (Wildman–Crippen LogP) is 1.79. The van der Waals surface area contributed by atoms with E-state index in [0.717, 1.165) is 51.6 Å². The van der Waals surface area contributed by atoms with Gasteiger partial charge in [-0.1, -0.05) is 0 Å². The molecule has 0 saturated carbocycles. The van der Waals surface area contributed by atoms with Crippen LogP contribution in [0.5, 0.6) is 0 Å². The maximum Gasteiger partial charge on any atom is 0.193 e. The Morgan fingerprint density at radius 2 is 1.95 bits per heavy atom. The molecule has 2 aliphatic rings. The van der Waals surface area contributed by atoms with Crippen molar-refractivity contribution in [3.63, 3.8) is 0 Å². The molecule has 0 aromatic carbocycles. The highest BCUT2D eigenvalue weighted by Crippen LogP contribution is 2.17. The summed E-state index contributed by atoms with van der Waals surface area (Å²) in [5.41, 5.74) is 0. The minimum Gasteiger partial charge on any atom is -0.378 e. The summed E-state index contributed by atoms with van der Waals surface area (Å²) in [5, 5.41) is 3.47. The number of ether oxygens (including phenoxy) is 1. The first kappa shape index (κ1) is 17.5. The smallest absolute Gasteiger partial charge is 0.193 e. The zero-order chi connectivity index (χ0) is 15.8. The van der Waals surface area contributed by atoms with E-state index in [2.05, 4.69) is 36.0 Å². The van der Waals surface area contributed by atoms with Crippen LogP contribution in [0.2, 0.25) is 0 Å². The molecule has 1 N–H and O–H groups in total. The highest BCUT2D eigenvalue weighted by molar-refractivity contribution is 5.80. The van der Waals surface area contributed by atoms with Crippen molar-refractivity contribution in [1.82, 2.24) is 15.1 Å². The second-order valence-corrected chi connectivity index (χ2v) is 6.61. The Labute approximate surface area is 136 Å². The summed E-state index contributed by atoms with van der Waals surface area (Å²) in [6.07, 6.45) is 5.30. The van der Waals surface area contributed by atoms with Crippen LogP contribution >= 0.6 is 0 Å². The number of likely N-dealkylation sites (tertiary alicyclic amines) is 2. The van der Waals surface area contributed by atoms with E-state index in [1.807, 2.05) is 0 Å². The zero-order valence-corrected chi connectivity index (χ0v) is 14.7. The monoisotopic (exact) mass is 310 g/mol. The summed E-state index contributed by atoms with van der Waals surface area (Å²) >= 11 is 0. The van der Waals surface area contributed by atoms with Crippen molar-refractivity contribution in [2.24, 2.45) is 10.9 Å². The standard InChI is InChI=1S/C17H34N4O/c1-4-18-17(19-13-15-7-6-10-20(3)14-15)21-11-8-16(9-12-21)22-5-2/h15-16H,4-14H2,1-3H3,(H,18,19). The molecule has 2 heterocycles. The Balaban J connectivity index is 1.84. The molecular formula is C17H34N4O. The number of nitrogens with zero attached hydrogens (tertiary/aromatic N) is 3. The molecule has 5 heteroatoms. The number of hydrogen-bond acceptors (Lipinski definition) is 3. The molecule has 2 rings (SSSR count). The molecule has 0 aliphatic carbocycles. The average molecular weight is 310 g/mol. The summed E-state index contributed by atoms with van der Waals surface area (Å²) in [4.78, 5) is 9.77. The van der Waals surface area contributed by atoms with Crippen LogP contribution in [0.1, 0.15) is 39.5 Å². The summed E-state index contributed by atoms with van der Waals surface area (Å²) in [7, 11) is 2.22. The Morgan fingerprint density at radius 1 is 1.18 bits per heavy atom. The maximum atomic E-state index is 5.75. The molecular weight excluding hydrogens is 276 g/mol. The van der Waals surface area contributed by atoms with Crippen molar-refractivity contribution >= 4 is 5.96 Å². The van der Waals surface area contributed by atoms with Crippen LogP contribution in [0.4, 0.5) is 0 Å². The van der Waals surface area contributed by atoms with Gasteiger partial charge in [-0.15, -0.1) is 0 Å². The van der Waals surface area contributed by atoms with Crippen molar-refractivity contribution in [2.75, 3.05) is 52.9 Å². The van der Waals surface area contributed by atoms with E-state index in [-0.39, 0.29) is 0 Å². The Bertz CT molecular complexity index is 340. The van der Waals surface area contributed by atoms with Gasteiger partial charge in [-0.05, 0) is 59.0 Å². The quantitative estimate of drug-likeness (QED) is 0.621. The van der Waals surface area contributed by atoms with E-state index in [1.165, 1.54) is 25.9 Å². The van der Waals surface area contributed by atoms with Crippen molar-refractivity contribution < 1.29 is 4.74 Å². The van der Waals surface area contributed by atoms with Gasteiger partial charge in [-0.3, -0.25) is 4.99 Å². The van der Waals surface area contributed by atoms with E-state index in [9.17, 15) is 0 Å². The largest absolute Gasteiger partial charge is 0.378 e. The second kappa shape index (κ2) is 9.36. The molecule has 2 aliphatic heterocycles. The minimum atomic E-state index is 0.441. The first-order valence-electron chi connectivity index (χ1n) is 9.06. The van der Waals surface area contributed by atoms with Crippen LogP contribution < -0.4 is 5.32 Å². The Hall–Kier alpha value is -0.810. The molecule has 5 nitrogen and oxygen atoms in total. The van der Waals surface area contributed by atoms with Gasteiger partial charge >= 0.3 is 0 Å². The first-order valence-corrected chi connectivity index (χ1v) is 9.06. The molecule has 0 aromatic heterocycles. The number of piperidine rings is 2. The first-order chi connectivity index (χ1) is 10.7. The van der Waals surface area contributed by atoms with Crippen LogP contribution in [0.15, 0.2) is 4.99 Å². The number of hydrogen-bond donors (Lipinski definition) is 1. The minimum absolute atomic E-state index is 0.441. The Kier molecular flexibility index (Phi) is 7.46. The highest BCUT2D eigenvalue weighted by atomic mass is 16.5. The molecule has 2 fully saturated rings. The van der Waals surface area contributed by atoms with Gasteiger partial charge in [-0.2, -0.15) is 0 Å². The van der Waals surface area contributed by atoms with Gasteiger partial charge in [0.2, 0.25) is 0 Å². The number of aliphatic imine (C=N–C) groups is 1. The van der Waals surface area contributed by atoms with Gasteiger partial charge in [0.25, 0.3) is 0 Å². The van der Waals surface area contributed by atoms with Crippen molar-refractivity contribution in [2.45, 2.75) is 45.6 Å². The molecule has 0 amide bonds. The summed E-state index contributed by atoms with van der Waals surface area (Å²) in [6.45, 7) is 11.5. The SMILES string of the molecule is CCNC(=NCC1CCCN(C)C1)N1CCC(OCC)CC1. The van der Waals surface area contributed by atoms with Gasteiger partial charge in [-0.25, -0.2) is 0 Å². The van der Waals surface area contributed by atoms with Gasteiger partial charge < -0.3 is 19.9 Å². The fourth-order valence-corrected chi connectivity index (χ4v) is 3.53. The van der Waals surface area contributed by atoms with Crippen LogP contribution in [-0.2, 0) is 4.74 Å². The van der Waals surface area contributed by atoms with E-state index in [0.29, 0.717) is 12.0 Å². The lowest BCUT2D eigenvalue weighted by Crippen LogP contribution is -2.47. The van der Waals surface area contributed by atoms with Crippen molar-refractivity contribution in [1.29, 1.82) is 0 Å². The van der Waals surface area contributed by atoms with Crippen LogP contribution in [0, 0.1) is 5.92 Å². The normalized spacial score (nSPS) is 25.5. The summed E-state index contributed by atoms with van der Waals surface area (Å²) in [5.74, 6) is 1.82. The molecule has 0 aromatic rings. The third-order valence-corrected chi connectivity index (χ3v) is 4.70. The van der Waals surface area contributed by atoms with Crippen molar-refractivity contribution in [3.8, 4) is 0 Å². The lowest BCUT2D eigenvalue weighted by molar-refractivity contribution is 0.0263. The van der Waals surface area contributed by atoms with Gasteiger partial charge in [0.15, 0.2) is 5.96 Å². The Morgan fingerprint density at radius 3 is 2.59 bits per heavy atom. The molecule has 1 atom stereocenters. The molecule has 128 valence electrons. The summed E-state index contributed by atoms with van der Waals surface area (Å²) in [6, 6.07) is 0. The lowest BCUT2D eigenvalue weighted by Gasteiger charge is -2.34. The number of guanidine groups is 1. The topological polar surface area (TPSA) is 40.1 Å². The summed E-state index contributed by atoms with van der Waals surface area (Å²) < 4.78 is 5.75. The van der Waals surface area contributed by atoms with E-state index < -0.39 is 0 Å². The molecule has 0 radical (unpaired) electrons. The molecule has 1 unspecified atom stereocenters. The molecule has 0 bridgehead atoms. The third kappa shape index (κ3) is 5.43. The van der Waals surface area contributed by atoms with Gasteiger partial charge in [0.1, 0.15) is 0 Å². The van der Waals surface area contributed by atoms with Gasteiger partial charge in [0.05, 0.1) is 6.10 Å². The van der Waals surface area contributed by atoms with E-state index in [1.54, 1.807) is 0 Å². The average Bonchev–Trinajstić information content (AvgIpc) is 2.53. The van der Waals surface area contributed by atoms with E-state index in [4.69, 9.17) is 9.73 Å². The van der Waals surface area contributed by atoms with Crippen LogP contribution in [0.25, 0.3) is 0 Å². The number of rotatable bonds is 5. The number of nitrogens with one attached hydrogen (secondary N) is 1. The lowest BCUT2D eigenvalue weighted by atomic mass is 9.99. The highest BCUT2D eigenvalue weighted by Gasteiger charge is 2.22. The second-order valence-electron chi connectivity index (χ2n) is 6.61. The maximum absolute atomic E-state index is 5.75. The molecule has 22 heavy (non-hydrogen) atoms. The van der Waals surface area contributed by atoms with Crippen molar-refractivity contribution in [3.05, 3.63) is 0 Å². The zero-order valence-electron chi connectivity index (χ0n) is 14.7. The third-order valence-electron chi connectivity index (χ3n) is 4.70. The van der Waals surface area contributed by atoms with Crippen LogP contribution in [0.3, 0.4) is 0 Å². The van der Waals surface area contributed by atoms with E-state index >= 15 is 0 Å².